The van der Waals surface area contributed by atoms with E-state index in [2.05, 4.69) is 17.3 Å². The summed E-state index contributed by atoms with van der Waals surface area (Å²) in [5.74, 6) is 0.174. The Hall–Kier alpha value is -0.610. The third-order valence-electron chi connectivity index (χ3n) is 3.33. The van der Waals surface area contributed by atoms with Crippen LogP contribution < -0.4 is 11.1 Å². The van der Waals surface area contributed by atoms with Crippen molar-refractivity contribution in [2.24, 2.45) is 5.73 Å². The molecule has 0 spiro atoms. The van der Waals surface area contributed by atoms with Crippen LogP contribution in [0.4, 0.5) is 0 Å². The number of hydrogen-bond acceptors (Lipinski definition) is 3. The second-order valence-electron chi connectivity index (χ2n) is 4.66. The summed E-state index contributed by atoms with van der Waals surface area (Å²) in [6.07, 6.45) is 6.37. The van der Waals surface area contributed by atoms with Crippen LogP contribution in [-0.4, -0.2) is 43.5 Å². The Morgan fingerprint density at radius 3 is 3.00 bits per heavy atom. The molecule has 1 atom stereocenters. The lowest BCUT2D eigenvalue weighted by Gasteiger charge is -2.32. The van der Waals surface area contributed by atoms with Crippen LogP contribution in [0.15, 0.2) is 0 Å². The Kier molecular flexibility index (Phi) is 6.42. The molecule has 1 fully saturated rings. The summed E-state index contributed by atoms with van der Waals surface area (Å²) in [4.78, 5) is 13.9. The topological polar surface area (TPSA) is 58.4 Å². The molecule has 1 aliphatic rings. The third-order valence-corrected chi connectivity index (χ3v) is 3.33. The zero-order valence-electron chi connectivity index (χ0n) is 10.4. The van der Waals surface area contributed by atoms with Gasteiger partial charge in [0.25, 0.3) is 0 Å². The predicted molar refractivity (Wildman–Crippen MR) is 66.2 cm³/mol. The SMILES string of the molecule is CN1CCCCC1CCC(=O)NCCCN. The van der Waals surface area contributed by atoms with E-state index in [1.807, 2.05) is 0 Å². The van der Waals surface area contributed by atoms with Gasteiger partial charge in [-0.1, -0.05) is 6.42 Å². The fraction of sp³-hybridized carbons (Fsp3) is 0.917. The van der Waals surface area contributed by atoms with Crippen molar-refractivity contribution in [1.82, 2.24) is 10.2 Å². The summed E-state index contributed by atoms with van der Waals surface area (Å²) in [6, 6.07) is 0.606. The lowest BCUT2D eigenvalue weighted by Crippen LogP contribution is -2.37. The second kappa shape index (κ2) is 7.63. The average Bonchev–Trinajstić information content (AvgIpc) is 2.28. The molecular weight excluding hydrogens is 202 g/mol. The summed E-state index contributed by atoms with van der Waals surface area (Å²) >= 11 is 0. The number of likely N-dealkylation sites (tertiary alicyclic amines) is 1. The van der Waals surface area contributed by atoms with E-state index in [1.165, 1.54) is 25.8 Å². The van der Waals surface area contributed by atoms with E-state index in [-0.39, 0.29) is 5.91 Å². The first kappa shape index (κ1) is 13.5. The maximum absolute atomic E-state index is 11.5. The monoisotopic (exact) mass is 227 g/mol. The van der Waals surface area contributed by atoms with Crippen LogP contribution >= 0.6 is 0 Å². The largest absolute Gasteiger partial charge is 0.356 e. The molecule has 0 bridgehead atoms. The van der Waals surface area contributed by atoms with E-state index < -0.39 is 0 Å². The Morgan fingerprint density at radius 1 is 1.50 bits per heavy atom. The maximum Gasteiger partial charge on any atom is 0.220 e. The fourth-order valence-electron chi connectivity index (χ4n) is 2.22. The van der Waals surface area contributed by atoms with Gasteiger partial charge in [0.05, 0.1) is 0 Å². The number of carbonyl (C=O) groups is 1. The zero-order chi connectivity index (χ0) is 11.8. The van der Waals surface area contributed by atoms with Gasteiger partial charge in [0.1, 0.15) is 0 Å². The molecule has 3 N–H and O–H groups in total. The first-order valence-corrected chi connectivity index (χ1v) is 6.41. The van der Waals surface area contributed by atoms with Crippen LogP contribution in [0, 0.1) is 0 Å². The van der Waals surface area contributed by atoms with Gasteiger partial charge in [-0.15, -0.1) is 0 Å². The lowest BCUT2D eigenvalue weighted by atomic mass is 9.98. The second-order valence-corrected chi connectivity index (χ2v) is 4.66. The highest BCUT2D eigenvalue weighted by Crippen LogP contribution is 2.18. The van der Waals surface area contributed by atoms with Crippen molar-refractivity contribution in [2.45, 2.75) is 44.6 Å². The molecule has 0 aliphatic carbocycles. The van der Waals surface area contributed by atoms with E-state index in [9.17, 15) is 4.79 Å². The van der Waals surface area contributed by atoms with Crippen molar-refractivity contribution in [2.75, 3.05) is 26.7 Å². The number of amides is 1. The van der Waals surface area contributed by atoms with Gasteiger partial charge >= 0.3 is 0 Å². The molecule has 0 radical (unpaired) electrons. The molecule has 1 unspecified atom stereocenters. The highest BCUT2D eigenvalue weighted by atomic mass is 16.1. The van der Waals surface area contributed by atoms with Crippen LogP contribution in [0.3, 0.4) is 0 Å². The lowest BCUT2D eigenvalue weighted by molar-refractivity contribution is -0.121. The molecule has 4 nitrogen and oxygen atoms in total. The zero-order valence-corrected chi connectivity index (χ0v) is 10.4. The summed E-state index contributed by atoms with van der Waals surface area (Å²) in [6.45, 7) is 2.54. The number of piperidine rings is 1. The molecule has 1 saturated heterocycles. The number of nitrogens with one attached hydrogen (secondary N) is 1. The number of rotatable bonds is 6. The number of nitrogens with two attached hydrogens (primary N) is 1. The van der Waals surface area contributed by atoms with Gasteiger partial charge in [-0.25, -0.2) is 0 Å². The maximum atomic E-state index is 11.5. The van der Waals surface area contributed by atoms with E-state index in [0.29, 0.717) is 19.0 Å². The van der Waals surface area contributed by atoms with Gasteiger partial charge in [0, 0.05) is 19.0 Å². The van der Waals surface area contributed by atoms with Crippen molar-refractivity contribution in [1.29, 1.82) is 0 Å². The molecular formula is C12H25N3O. The number of carbonyl (C=O) groups excluding carboxylic acids is 1. The van der Waals surface area contributed by atoms with Crippen molar-refractivity contribution in [3.05, 3.63) is 0 Å². The van der Waals surface area contributed by atoms with Gasteiger partial charge < -0.3 is 16.0 Å². The molecule has 4 heteroatoms. The minimum absolute atomic E-state index is 0.174. The Morgan fingerprint density at radius 2 is 2.31 bits per heavy atom. The van der Waals surface area contributed by atoms with Gasteiger partial charge in [0.2, 0.25) is 5.91 Å². The van der Waals surface area contributed by atoms with Gasteiger partial charge in [0.15, 0.2) is 0 Å². The highest BCUT2D eigenvalue weighted by Gasteiger charge is 2.19. The summed E-state index contributed by atoms with van der Waals surface area (Å²) in [5.41, 5.74) is 5.37. The highest BCUT2D eigenvalue weighted by molar-refractivity contribution is 5.75. The molecule has 1 heterocycles. The van der Waals surface area contributed by atoms with E-state index in [0.717, 1.165) is 19.4 Å². The minimum atomic E-state index is 0.174. The summed E-state index contributed by atoms with van der Waals surface area (Å²) in [7, 11) is 2.16. The van der Waals surface area contributed by atoms with Crippen molar-refractivity contribution in [3.63, 3.8) is 0 Å². The molecule has 0 aromatic carbocycles. The van der Waals surface area contributed by atoms with Crippen LogP contribution in [0.1, 0.15) is 38.5 Å². The van der Waals surface area contributed by atoms with E-state index in [4.69, 9.17) is 5.73 Å². The van der Waals surface area contributed by atoms with Crippen LogP contribution in [0.2, 0.25) is 0 Å². The predicted octanol–water partition coefficient (Wildman–Crippen LogP) is 0.716. The van der Waals surface area contributed by atoms with Crippen LogP contribution in [-0.2, 0) is 4.79 Å². The smallest absolute Gasteiger partial charge is 0.220 e. The number of nitrogens with zero attached hydrogens (tertiary/aromatic N) is 1. The fourth-order valence-corrected chi connectivity index (χ4v) is 2.22. The average molecular weight is 227 g/mol. The van der Waals surface area contributed by atoms with Crippen molar-refractivity contribution < 1.29 is 4.79 Å². The Bertz CT molecular complexity index is 208. The van der Waals surface area contributed by atoms with Crippen LogP contribution in [0.5, 0.6) is 0 Å². The molecule has 0 saturated carbocycles. The quantitative estimate of drug-likeness (QED) is 0.657. The minimum Gasteiger partial charge on any atom is -0.356 e. The first-order chi connectivity index (χ1) is 7.74. The Balaban J connectivity index is 2.10. The molecule has 94 valence electrons. The standard InChI is InChI=1S/C12H25N3O/c1-15-10-3-2-5-11(15)6-7-12(16)14-9-4-8-13/h11H,2-10,13H2,1H3,(H,14,16). The molecule has 0 aromatic rings. The van der Waals surface area contributed by atoms with E-state index in [1.54, 1.807) is 0 Å². The van der Waals surface area contributed by atoms with Crippen molar-refractivity contribution >= 4 is 5.91 Å². The molecule has 0 aromatic heterocycles. The summed E-state index contributed by atoms with van der Waals surface area (Å²) < 4.78 is 0. The molecule has 1 aliphatic heterocycles. The van der Waals surface area contributed by atoms with Gasteiger partial charge in [-0.05, 0) is 45.8 Å². The molecule has 16 heavy (non-hydrogen) atoms. The number of hydrogen-bond donors (Lipinski definition) is 2. The van der Waals surface area contributed by atoms with E-state index >= 15 is 0 Å². The first-order valence-electron chi connectivity index (χ1n) is 6.41. The Labute approximate surface area is 98.6 Å². The van der Waals surface area contributed by atoms with Gasteiger partial charge in [-0.3, -0.25) is 4.79 Å². The molecule has 1 amide bonds. The third kappa shape index (κ3) is 4.94. The van der Waals surface area contributed by atoms with Crippen LogP contribution in [0.25, 0.3) is 0 Å². The molecule has 1 rings (SSSR count). The van der Waals surface area contributed by atoms with Gasteiger partial charge in [-0.2, -0.15) is 0 Å². The normalized spacial score (nSPS) is 22.0. The summed E-state index contributed by atoms with van der Waals surface area (Å²) in [5, 5.41) is 2.90. The van der Waals surface area contributed by atoms with Crippen molar-refractivity contribution in [3.8, 4) is 0 Å².